The van der Waals surface area contributed by atoms with Crippen molar-refractivity contribution in [1.29, 1.82) is 0 Å². The molecule has 0 fully saturated rings. The van der Waals surface area contributed by atoms with Crippen LogP contribution in [0.3, 0.4) is 0 Å². The summed E-state index contributed by atoms with van der Waals surface area (Å²) in [6.07, 6.45) is 4.23. The molecule has 40 heavy (non-hydrogen) atoms. The summed E-state index contributed by atoms with van der Waals surface area (Å²) < 4.78 is 15.0. The van der Waals surface area contributed by atoms with E-state index in [9.17, 15) is 4.79 Å². The Bertz CT molecular complexity index is 1540. The maximum absolute atomic E-state index is 12.5. The molecule has 0 saturated heterocycles. The van der Waals surface area contributed by atoms with Crippen LogP contribution in [-0.4, -0.2) is 43.7 Å². The van der Waals surface area contributed by atoms with Crippen LogP contribution in [0.5, 0.6) is 11.5 Å². The molecule has 1 unspecified atom stereocenters. The third-order valence-electron chi connectivity index (χ3n) is 6.57. The Morgan fingerprint density at radius 1 is 0.900 bits per heavy atom. The Labute approximate surface area is 233 Å². The molecular formula is C31H32N6O3. The van der Waals surface area contributed by atoms with Crippen LogP contribution in [0, 0.1) is 0 Å². The molecule has 5 aromatic rings. The molecule has 204 valence electrons. The van der Waals surface area contributed by atoms with E-state index in [1.165, 1.54) is 11.1 Å². The van der Waals surface area contributed by atoms with Crippen LogP contribution in [-0.2, 0) is 31.2 Å². The number of ether oxygens (including phenoxy) is 2. The van der Waals surface area contributed by atoms with Crippen molar-refractivity contribution < 1.29 is 14.3 Å². The Balaban J connectivity index is 1.31. The van der Waals surface area contributed by atoms with Crippen LogP contribution in [0.25, 0.3) is 11.4 Å². The molecule has 0 saturated carbocycles. The van der Waals surface area contributed by atoms with Crippen molar-refractivity contribution in [2.45, 2.75) is 32.4 Å². The van der Waals surface area contributed by atoms with Gasteiger partial charge in [0.15, 0.2) is 11.9 Å². The SMILES string of the molecule is COc1ccc(CCc2nnc(-c3ccc(OC(C)C(=O)Nc4cnn(C)c4)cc3)n2Cc2ccccc2)cc1. The molecule has 1 N–H and O–H groups in total. The van der Waals surface area contributed by atoms with Gasteiger partial charge in [0, 0.05) is 25.2 Å². The first-order valence-electron chi connectivity index (χ1n) is 13.1. The van der Waals surface area contributed by atoms with Gasteiger partial charge >= 0.3 is 0 Å². The number of aromatic nitrogens is 5. The molecular weight excluding hydrogens is 504 g/mol. The third kappa shape index (κ3) is 6.55. The second kappa shape index (κ2) is 12.3. The molecule has 5 rings (SSSR count). The van der Waals surface area contributed by atoms with E-state index in [2.05, 4.69) is 49.4 Å². The van der Waals surface area contributed by atoms with Gasteiger partial charge in [-0.1, -0.05) is 42.5 Å². The number of anilines is 1. The Kier molecular flexibility index (Phi) is 8.20. The van der Waals surface area contributed by atoms with E-state index >= 15 is 0 Å². The van der Waals surface area contributed by atoms with Crippen molar-refractivity contribution in [3.8, 4) is 22.9 Å². The molecule has 9 heteroatoms. The molecule has 0 radical (unpaired) electrons. The van der Waals surface area contributed by atoms with Gasteiger partial charge in [-0.2, -0.15) is 5.10 Å². The maximum atomic E-state index is 12.5. The Morgan fingerprint density at radius 2 is 1.62 bits per heavy atom. The Hall–Kier alpha value is -4.92. The van der Waals surface area contributed by atoms with Crippen LogP contribution in [0.15, 0.2) is 91.3 Å². The molecule has 2 aromatic heterocycles. The second-order valence-corrected chi connectivity index (χ2v) is 9.54. The van der Waals surface area contributed by atoms with E-state index < -0.39 is 6.10 Å². The Morgan fingerprint density at radius 3 is 2.30 bits per heavy atom. The minimum absolute atomic E-state index is 0.249. The first-order chi connectivity index (χ1) is 19.5. The van der Waals surface area contributed by atoms with E-state index in [0.29, 0.717) is 18.0 Å². The van der Waals surface area contributed by atoms with Crippen molar-refractivity contribution in [2.75, 3.05) is 12.4 Å². The normalized spacial score (nSPS) is 11.7. The summed E-state index contributed by atoms with van der Waals surface area (Å²) >= 11 is 0. The van der Waals surface area contributed by atoms with Gasteiger partial charge in [-0.05, 0) is 60.9 Å². The number of rotatable bonds is 11. The monoisotopic (exact) mass is 536 g/mol. The topological polar surface area (TPSA) is 96.1 Å². The maximum Gasteiger partial charge on any atom is 0.265 e. The second-order valence-electron chi connectivity index (χ2n) is 9.54. The van der Waals surface area contributed by atoms with Crippen molar-refractivity contribution in [2.24, 2.45) is 7.05 Å². The van der Waals surface area contributed by atoms with Crippen molar-refractivity contribution in [3.05, 3.63) is 108 Å². The third-order valence-corrected chi connectivity index (χ3v) is 6.57. The van der Waals surface area contributed by atoms with E-state index in [1.54, 1.807) is 38.2 Å². The van der Waals surface area contributed by atoms with E-state index in [4.69, 9.17) is 9.47 Å². The van der Waals surface area contributed by atoms with Gasteiger partial charge in [0.2, 0.25) is 0 Å². The fourth-order valence-corrected chi connectivity index (χ4v) is 4.38. The standard InChI is InChI=1S/C31H32N6O3/c1-22(31(38)33-26-19-32-36(2)21-26)40-28-16-12-25(13-17-28)30-35-34-29(37(30)20-24-7-5-4-6-8-24)18-11-23-9-14-27(39-3)15-10-23/h4-10,12-17,19,21-22H,11,18,20H2,1-3H3,(H,33,38). The number of nitrogens with zero attached hydrogens (tertiary/aromatic N) is 5. The zero-order valence-corrected chi connectivity index (χ0v) is 22.8. The van der Waals surface area contributed by atoms with Crippen molar-refractivity contribution in [3.63, 3.8) is 0 Å². The quantitative estimate of drug-likeness (QED) is 0.257. The summed E-state index contributed by atoms with van der Waals surface area (Å²) in [5.74, 6) is 2.88. The fraction of sp³-hybridized carbons (Fsp3) is 0.226. The van der Waals surface area contributed by atoms with Crippen LogP contribution < -0.4 is 14.8 Å². The number of carbonyl (C=O) groups excluding carboxylic acids is 1. The highest BCUT2D eigenvalue weighted by Gasteiger charge is 2.17. The first kappa shape index (κ1) is 26.7. The van der Waals surface area contributed by atoms with E-state index in [1.807, 2.05) is 54.6 Å². The van der Waals surface area contributed by atoms with Crippen LogP contribution >= 0.6 is 0 Å². The lowest BCUT2D eigenvalue weighted by molar-refractivity contribution is -0.122. The van der Waals surface area contributed by atoms with Crippen LogP contribution in [0.4, 0.5) is 5.69 Å². The summed E-state index contributed by atoms with van der Waals surface area (Å²) in [7, 11) is 3.46. The predicted octanol–water partition coefficient (Wildman–Crippen LogP) is 4.93. The van der Waals surface area contributed by atoms with Crippen molar-refractivity contribution in [1.82, 2.24) is 24.5 Å². The number of methoxy groups -OCH3 is 1. The number of carbonyl (C=O) groups is 1. The number of hydrogen-bond donors (Lipinski definition) is 1. The molecule has 3 aromatic carbocycles. The number of hydrogen-bond acceptors (Lipinski definition) is 6. The van der Waals surface area contributed by atoms with Gasteiger partial charge in [-0.25, -0.2) is 0 Å². The zero-order valence-electron chi connectivity index (χ0n) is 22.8. The average molecular weight is 537 g/mol. The fourth-order valence-electron chi connectivity index (χ4n) is 4.38. The summed E-state index contributed by atoms with van der Waals surface area (Å²) in [4.78, 5) is 12.5. The van der Waals surface area contributed by atoms with Gasteiger partial charge in [-0.15, -0.1) is 10.2 Å². The zero-order chi connectivity index (χ0) is 27.9. The van der Waals surface area contributed by atoms with E-state index in [0.717, 1.165) is 35.8 Å². The smallest absolute Gasteiger partial charge is 0.265 e. The summed E-state index contributed by atoms with van der Waals surface area (Å²) in [5.41, 5.74) is 3.92. The first-order valence-corrected chi connectivity index (χ1v) is 13.1. The summed E-state index contributed by atoms with van der Waals surface area (Å²) in [6, 6.07) is 26.0. The van der Waals surface area contributed by atoms with Gasteiger partial charge < -0.3 is 19.4 Å². The molecule has 9 nitrogen and oxygen atoms in total. The molecule has 0 aliphatic carbocycles. The molecule has 1 amide bonds. The van der Waals surface area contributed by atoms with Crippen molar-refractivity contribution >= 4 is 11.6 Å². The molecule has 0 aliphatic rings. The molecule has 0 aliphatic heterocycles. The number of benzene rings is 3. The van der Waals surface area contributed by atoms with E-state index in [-0.39, 0.29) is 5.91 Å². The van der Waals surface area contributed by atoms with Gasteiger partial charge in [0.05, 0.1) is 25.5 Å². The minimum atomic E-state index is -0.683. The number of amides is 1. The molecule has 0 spiro atoms. The lowest BCUT2D eigenvalue weighted by Crippen LogP contribution is -2.30. The summed E-state index contributed by atoms with van der Waals surface area (Å²) in [5, 5.41) is 16.0. The summed E-state index contributed by atoms with van der Waals surface area (Å²) in [6.45, 7) is 2.37. The molecule has 1 atom stereocenters. The minimum Gasteiger partial charge on any atom is -0.497 e. The number of aryl methyl sites for hydroxylation is 3. The number of nitrogens with one attached hydrogen (secondary N) is 1. The average Bonchev–Trinajstić information content (AvgIpc) is 3.58. The highest BCUT2D eigenvalue weighted by molar-refractivity contribution is 5.93. The van der Waals surface area contributed by atoms with Crippen LogP contribution in [0.2, 0.25) is 0 Å². The van der Waals surface area contributed by atoms with Gasteiger partial charge in [0.1, 0.15) is 17.3 Å². The highest BCUT2D eigenvalue weighted by atomic mass is 16.5. The largest absolute Gasteiger partial charge is 0.497 e. The van der Waals surface area contributed by atoms with Crippen LogP contribution in [0.1, 0.15) is 23.9 Å². The highest BCUT2D eigenvalue weighted by Crippen LogP contribution is 2.24. The lowest BCUT2D eigenvalue weighted by Gasteiger charge is -2.15. The molecule has 2 heterocycles. The van der Waals surface area contributed by atoms with Gasteiger partial charge in [0.25, 0.3) is 5.91 Å². The van der Waals surface area contributed by atoms with Gasteiger partial charge in [-0.3, -0.25) is 9.48 Å². The molecule has 0 bridgehead atoms. The predicted molar refractivity (Wildman–Crippen MR) is 153 cm³/mol. The lowest BCUT2D eigenvalue weighted by atomic mass is 10.1.